The zero-order chi connectivity index (χ0) is 12.8. The van der Waals surface area contributed by atoms with Crippen LogP contribution < -0.4 is 0 Å². The number of hydrogen-bond acceptors (Lipinski definition) is 1. The van der Waals surface area contributed by atoms with Gasteiger partial charge in [-0.1, -0.05) is 35.9 Å². The second-order valence-corrected chi connectivity index (χ2v) is 5.56. The molecule has 1 unspecified atom stereocenters. The van der Waals surface area contributed by atoms with Crippen molar-refractivity contribution < 1.29 is 4.74 Å². The van der Waals surface area contributed by atoms with Crippen molar-refractivity contribution in [3.63, 3.8) is 0 Å². The third kappa shape index (κ3) is 5.04. The molecular formula is C15H19IO. The van der Waals surface area contributed by atoms with Gasteiger partial charge in [-0.2, -0.15) is 0 Å². The Balaban J connectivity index is 2.61. The Morgan fingerprint density at radius 2 is 1.94 bits per heavy atom. The van der Waals surface area contributed by atoms with Gasteiger partial charge in [0.1, 0.15) is 0 Å². The van der Waals surface area contributed by atoms with Gasteiger partial charge < -0.3 is 4.74 Å². The van der Waals surface area contributed by atoms with E-state index in [1.807, 2.05) is 26.0 Å². The summed E-state index contributed by atoms with van der Waals surface area (Å²) in [5.74, 6) is 0. The van der Waals surface area contributed by atoms with Gasteiger partial charge in [-0.05, 0) is 54.5 Å². The van der Waals surface area contributed by atoms with Gasteiger partial charge in [-0.3, -0.25) is 0 Å². The molecule has 17 heavy (non-hydrogen) atoms. The van der Waals surface area contributed by atoms with Crippen LogP contribution in [0.25, 0.3) is 0 Å². The van der Waals surface area contributed by atoms with Crippen LogP contribution in [0.3, 0.4) is 0 Å². The van der Waals surface area contributed by atoms with Gasteiger partial charge >= 0.3 is 0 Å². The molecule has 1 atom stereocenters. The molecular weight excluding hydrogens is 323 g/mol. The molecule has 0 bridgehead atoms. The van der Waals surface area contributed by atoms with E-state index in [-0.39, 0.29) is 6.10 Å². The van der Waals surface area contributed by atoms with E-state index in [2.05, 4.69) is 47.9 Å². The first-order chi connectivity index (χ1) is 8.00. The standard InChI is InChI=1S/C15H19IO/c1-11(2)9-15(12(3)4)17-10-13-7-5-6-8-14(13)16/h5-8,15H,1,3,9-10H2,2,4H3. The van der Waals surface area contributed by atoms with Crippen molar-refractivity contribution in [3.05, 3.63) is 57.7 Å². The molecule has 1 aromatic carbocycles. The molecule has 1 nitrogen and oxygen atoms in total. The Kier molecular flexibility index (Phi) is 5.92. The number of hydrogen-bond donors (Lipinski definition) is 0. The quantitative estimate of drug-likeness (QED) is 0.537. The molecule has 0 amide bonds. The Morgan fingerprint density at radius 1 is 1.29 bits per heavy atom. The first-order valence-electron chi connectivity index (χ1n) is 5.65. The molecule has 0 radical (unpaired) electrons. The predicted molar refractivity (Wildman–Crippen MR) is 82.0 cm³/mol. The highest BCUT2D eigenvalue weighted by atomic mass is 127. The van der Waals surface area contributed by atoms with Gasteiger partial charge in [0, 0.05) is 3.57 Å². The number of rotatable bonds is 6. The van der Waals surface area contributed by atoms with E-state index in [1.54, 1.807) is 0 Å². The van der Waals surface area contributed by atoms with Crippen LogP contribution in [0.4, 0.5) is 0 Å². The van der Waals surface area contributed by atoms with Crippen molar-refractivity contribution in [3.8, 4) is 0 Å². The Morgan fingerprint density at radius 3 is 2.47 bits per heavy atom. The summed E-state index contributed by atoms with van der Waals surface area (Å²) in [4.78, 5) is 0. The average molecular weight is 342 g/mol. The maximum atomic E-state index is 5.92. The van der Waals surface area contributed by atoms with Crippen molar-refractivity contribution in [1.82, 2.24) is 0 Å². The minimum Gasteiger partial charge on any atom is -0.369 e. The van der Waals surface area contributed by atoms with E-state index in [0.29, 0.717) is 6.61 Å². The molecule has 2 heteroatoms. The van der Waals surface area contributed by atoms with Gasteiger partial charge in [0.2, 0.25) is 0 Å². The molecule has 0 heterocycles. The highest BCUT2D eigenvalue weighted by Crippen LogP contribution is 2.18. The lowest BCUT2D eigenvalue weighted by Crippen LogP contribution is -2.14. The summed E-state index contributed by atoms with van der Waals surface area (Å²) in [6.45, 7) is 12.6. The summed E-state index contributed by atoms with van der Waals surface area (Å²) in [6, 6.07) is 8.26. The van der Waals surface area contributed by atoms with E-state index in [9.17, 15) is 0 Å². The van der Waals surface area contributed by atoms with Gasteiger partial charge in [0.05, 0.1) is 12.7 Å². The summed E-state index contributed by atoms with van der Waals surface area (Å²) in [5, 5.41) is 0. The van der Waals surface area contributed by atoms with Crippen molar-refractivity contribution in [2.24, 2.45) is 0 Å². The maximum absolute atomic E-state index is 5.92. The van der Waals surface area contributed by atoms with Crippen molar-refractivity contribution in [1.29, 1.82) is 0 Å². The minimum atomic E-state index is 0.0727. The van der Waals surface area contributed by atoms with Gasteiger partial charge in [0.25, 0.3) is 0 Å². The first kappa shape index (κ1) is 14.5. The Labute approximate surface area is 118 Å². The predicted octanol–water partition coefficient (Wildman–Crippen LogP) is 4.72. The monoisotopic (exact) mass is 342 g/mol. The van der Waals surface area contributed by atoms with Crippen molar-refractivity contribution >= 4 is 22.6 Å². The van der Waals surface area contributed by atoms with Crippen LogP contribution >= 0.6 is 22.6 Å². The molecule has 1 rings (SSSR count). The molecule has 0 aliphatic rings. The van der Waals surface area contributed by atoms with E-state index in [1.165, 1.54) is 9.13 Å². The number of ether oxygens (including phenoxy) is 1. The zero-order valence-corrected chi connectivity index (χ0v) is 12.7. The molecule has 0 aliphatic carbocycles. The second kappa shape index (κ2) is 6.97. The molecule has 0 saturated carbocycles. The molecule has 0 aliphatic heterocycles. The molecule has 0 fully saturated rings. The van der Waals surface area contributed by atoms with Crippen LogP contribution in [-0.4, -0.2) is 6.10 Å². The lowest BCUT2D eigenvalue weighted by atomic mass is 10.1. The van der Waals surface area contributed by atoms with Crippen molar-refractivity contribution in [2.45, 2.75) is 33.0 Å². The van der Waals surface area contributed by atoms with Crippen LogP contribution in [0.1, 0.15) is 25.8 Å². The highest BCUT2D eigenvalue weighted by molar-refractivity contribution is 14.1. The summed E-state index contributed by atoms with van der Waals surface area (Å²) < 4.78 is 7.15. The topological polar surface area (TPSA) is 9.23 Å². The van der Waals surface area contributed by atoms with Crippen LogP contribution in [0.15, 0.2) is 48.6 Å². The van der Waals surface area contributed by atoms with Crippen LogP contribution in [-0.2, 0) is 11.3 Å². The van der Waals surface area contributed by atoms with Crippen LogP contribution in [0.2, 0.25) is 0 Å². The SMILES string of the molecule is C=C(C)CC(OCc1ccccc1I)C(=C)C. The lowest BCUT2D eigenvalue weighted by Gasteiger charge is -2.18. The van der Waals surface area contributed by atoms with E-state index in [0.717, 1.165) is 17.6 Å². The zero-order valence-electron chi connectivity index (χ0n) is 10.5. The molecule has 0 N–H and O–H groups in total. The summed E-state index contributed by atoms with van der Waals surface area (Å²) in [5.41, 5.74) is 3.40. The fourth-order valence-corrected chi connectivity index (χ4v) is 2.04. The van der Waals surface area contributed by atoms with Gasteiger partial charge in [-0.25, -0.2) is 0 Å². The Hall–Kier alpha value is -0.610. The highest BCUT2D eigenvalue weighted by Gasteiger charge is 2.11. The number of halogens is 1. The molecule has 0 spiro atoms. The Bertz CT molecular complexity index is 409. The normalized spacial score (nSPS) is 12.2. The molecule has 0 saturated heterocycles. The minimum absolute atomic E-state index is 0.0727. The largest absolute Gasteiger partial charge is 0.369 e. The van der Waals surface area contributed by atoms with Gasteiger partial charge in [0.15, 0.2) is 0 Å². The van der Waals surface area contributed by atoms with E-state index >= 15 is 0 Å². The van der Waals surface area contributed by atoms with Crippen LogP contribution in [0, 0.1) is 3.57 Å². The van der Waals surface area contributed by atoms with Crippen molar-refractivity contribution in [2.75, 3.05) is 0 Å². The van der Waals surface area contributed by atoms with E-state index < -0.39 is 0 Å². The molecule has 1 aromatic rings. The van der Waals surface area contributed by atoms with Gasteiger partial charge in [-0.15, -0.1) is 6.58 Å². The first-order valence-corrected chi connectivity index (χ1v) is 6.73. The maximum Gasteiger partial charge on any atom is 0.0821 e. The smallest absolute Gasteiger partial charge is 0.0821 e. The lowest BCUT2D eigenvalue weighted by molar-refractivity contribution is 0.0647. The number of benzene rings is 1. The third-order valence-corrected chi connectivity index (χ3v) is 3.53. The average Bonchev–Trinajstić information content (AvgIpc) is 2.25. The molecule has 0 aromatic heterocycles. The fraction of sp³-hybridized carbons (Fsp3) is 0.333. The summed E-state index contributed by atoms with van der Waals surface area (Å²) >= 11 is 2.33. The molecule has 92 valence electrons. The third-order valence-electron chi connectivity index (χ3n) is 2.48. The summed E-state index contributed by atoms with van der Waals surface area (Å²) in [6.07, 6.45) is 0.919. The summed E-state index contributed by atoms with van der Waals surface area (Å²) in [7, 11) is 0. The van der Waals surface area contributed by atoms with Crippen LogP contribution in [0.5, 0.6) is 0 Å². The second-order valence-electron chi connectivity index (χ2n) is 4.40. The fourth-order valence-electron chi connectivity index (χ4n) is 1.50. The van der Waals surface area contributed by atoms with E-state index in [4.69, 9.17) is 4.74 Å².